The van der Waals surface area contributed by atoms with E-state index in [9.17, 15) is 16.8 Å². The van der Waals surface area contributed by atoms with Crippen LogP contribution in [-0.4, -0.2) is 41.9 Å². The van der Waals surface area contributed by atoms with Crippen molar-refractivity contribution in [2.75, 3.05) is 30.0 Å². The number of rotatable bonds is 5. The van der Waals surface area contributed by atoms with Crippen molar-refractivity contribution < 1.29 is 16.8 Å². The summed E-state index contributed by atoms with van der Waals surface area (Å²) in [5, 5.41) is 5.16. The summed E-state index contributed by atoms with van der Waals surface area (Å²) in [5.41, 5.74) is 1.82. The van der Waals surface area contributed by atoms with Crippen LogP contribution >= 0.6 is 0 Å². The van der Waals surface area contributed by atoms with Gasteiger partial charge in [0.15, 0.2) is 0 Å². The zero-order chi connectivity index (χ0) is 16.2. The molecule has 0 saturated heterocycles. The molecule has 0 bridgehead atoms. The van der Waals surface area contributed by atoms with E-state index in [4.69, 9.17) is 5.14 Å². The number of nitrogens with zero attached hydrogens (tertiary/aromatic N) is 1. The smallest absolute Gasteiger partial charge is 0.238 e. The fraction of sp³-hybridized carbons (Fsp3) is 0.571. The van der Waals surface area contributed by atoms with Crippen LogP contribution in [-0.2, 0) is 26.3 Å². The molecule has 1 aromatic rings. The standard InChI is InChI=1S/C14H20N2O4S2/c1-21(17,18)10-14(5-6-14)9-16-7-4-11-8-12(22(15,19)20)2-3-13(11)16/h2-3,8H,4-7,9-10H2,1H3,(H2,15,19,20). The summed E-state index contributed by atoms with van der Waals surface area (Å²) >= 11 is 0. The van der Waals surface area contributed by atoms with E-state index in [-0.39, 0.29) is 16.1 Å². The summed E-state index contributed by atoms with van der Waals surface area (Å²) < 4.78 is 45.9. The number of hydrogen-bond donors (Lipinski definition) is 1. The number of nitrogens with two attached hydrogens (primary N) is 1. The van der Waals surface area contributed by atoms with Crippen molar-refractivity contribution in [2.24, 2.45) is 10.6 Å². The number of fused-ring (bicyclic) bond motifs is 1. The minimum atomic E-state index is -3.69. The predicted octanol–water partition coefficient (Wildman–Crippen LogP) is 0.521. The van der Waals surface area contributed by atoms with E-state index in [1.807, 2.05) is 0 Å². The highest BCUT2D eigenvalue weighted by molar-refractivity contribution is 7.90. The van der Waals surface area contributed by atoms with E-state index >= 15 is 0 Å². The lowest BCUT2D eigenvalue weighted by Gasteiger charge is -2.25. The van der Waals surface area contributed by atoms with Crippen molar-refractivity contribution in [3.8, 4) is 0 Å². The predicted molar refractivity (Wildman–Crippen MR) is 85.1 cm³/mol. The minimum absolute atomic E-state index is 0.130. The van der Waals surface area contributed by atoms with Crippen molar-refractivity contribution in [2.45, 2.75) is 24.2 Å². The molecule has 1 heterocycles. The average Bonchev–Trinajstić information content (AvgIpc) is 2.97. The zero-order valence-electron chi connectivity index (χ0n) is 12.4. The Morgan fingerprint density at radius 2 is 1.91 bits per heavy atom. The molecule has 0 aromatic heterocycles. The van der Waals surface area contributed by atoms with Crippen molar-refractivity contribution in [3.63, 3.8) is 0 Å². The highest BCUT2D eigenvalue weighted by atomic mass is 32.2. The molecular formula is C14H20N2O4S2. The van der Waals surface area contributed by atoms with Gasteiger partial charge < -0.3 is 4.90 Å². The van der Waals surface area contributed by atoms with Gasteiger partial charge >= 0.3 is 0 Å². The third kappa shape index (κ3) is 3.28. The van der Waals surface area contributed by atoms with Crippen LogP contribution in [0.1, 0.15) is 18.4 Å². The van der Waals surface area contributed by atoms with Crippen LogP contribution in [0.15, 0.2) is 23.1 Å². The number of primary sulfonamides is 1. The van der Waals surface area contributed by atoms with Gasteiger partial charge in [0, 0.05) is 30.4 Å². The van der Waals surface area contributed by atoms with Crippen LogP contribution in [0, 0.1) is 5.41 Å². The van der Waals surface area contributed by atoms with Crippen LogP contribution in [0.3, 0.4) is 0 Å². The molecule has 22 heavy (non-hydrogen) atoms. The maximum Gasteiger partial charge on any atom is 0.238 e. The normalized spacial score (nSPS) is 20.0. The molecule has 1 aliphatic carbocycles. The van der Waals surface area contributed by atoms with Crippen molar-refractivity contribution >= 4 is 25.5 Å². The summed E-state index contributed by atoms with van der Waals surface area (Å²) in [6, 6.07) is 4.92. The first-order chi connectivity index (χ1) is 10.1. The topological polar surface area (TPSA) is 97.5 Å². The van der Waals surface area contributed by atoms with Gasteiger partial charge in [-0.1, -0.05) is 0 Å². The first kappa shape index (κ1) is 15.8. The zero-order valence-corrected chi connectivity index (χ0v) is 14.1. The van der Waals surface area contributed by atoms with Gasteiger partial charge in [0.25, 0.3) is 0 Å². The molecule has 2 aliphatic rings. The molecule has 0 spiro atoms. The van der Waals surface area contributed by atoms with Gasteiger partial charge in [0.2, 0.25) is 10.0 Å². The quantitative estimate of drug-likeness (QED) is 0.840. The fourth-order valence-corrected chi connectivity index (χ4v) is 5.33. The van der Waals surface area contributed by atoms with E-state index in [2.05, 4.69) is 4.90 Å². The van der Waals surface area contributed by atoms with Gasteiger partial charge in [-0.2, -0.15) is 0 Å². The van der Waals surface area contributed by atoms with Gasteiger partial charge in [-0.25, -0.2) is 22.0 Å². The van der Waals surface area contributed by atoms with E-state index in [0.29, 0.717) is 6.54 Å². The van der Waals surface area contributed by atoms with Crippen LogP contribution in [0.25, 0.3) is 0 Å². The van der Waals surface area contributed by atoms with E-state index in [1.54, 1.807) is 12.1 Å². The molecule has 2 N–H and O–H groups in total. The van der Waals surface area contributed by atoms with E-state index in [1.165, 1.54) is 12.3 Å². The number of sulfone groups is 1. The molecule has 1 aliphatic heterocycles. The number of hydrogen-bond acceptors (Lipinski definition) is 5. The van der Waals surface area contributed by atoms with Crippen molar-refractivity contribution in [1.82, 2.24) is 0 Å². The second-order valence-corrected chi connectivity index (χ2v) is 10.3. The Bertz CT molecular complexity index is 811. The third-order valence-corrected chi connectivity index (χ3v) is 6.47. The molecule has 122 valence electrons. The van der Waals surface area contributed by atoms with E-state index in [0.717, 1.165) is 37.1 Å². The largest absolute Gasteiger partial charge is 0.370 e. The maximum atomic E-state index is 11.6. The highest BCUT2D eigenvalue weighted by Gasteiger charge is 2.47. The third-order valence-electron chi connectivity index (χ3n) is 4.42. The lowest BCUT2D eigenvalue weighted by molar-refractivity contribution is 0.535. The van der Waals surface area contributed by atoms with Gasteiger partial charge in [-0.15, -0.1) is 0 Å². The summed E-state index contributed by atoms with van der Waals surface area (Å²) in [7, 11) is -6.67. The summed E-state index contributed by atoms with van der Waals surface area (Å²) in [6.45, 7) is 1.50. The second kappa shape index (κ2) is 4.94. The molecule has 0 radical (unpaired) electrons. The van der Waals surface area contributed by atoms with Crippen LogP contribution in [0.2, 0.25) is 0 Å². The molecule has 0 amide bonds. The molecular weight excluding hydrogens is 324 g/mol. The fourth-order valence-electron chi connectivity index (χ4n) is 3.27. The highest BCUT2D eigenvalue weighted by Crippen LogP contribution is 2.48. The lowest BCUT2D eigenvalue weighted by Crippen LogP contribution is -2.32. The Labute approximate surface area is 131 Å². The molecule has 1 saturated carbocycles. The van der Waals surface area contributed by atoms with Crippen molar-refractivity contribution in [3.05, 3.63) is 23.8 Å². The summed E-state index contributed by atoms with van der Waals surface area (Å²) in [4.78, 5) is 2.30. The van der Waals surface area contributed by atoms with Crippen LogP contribution in [0.4, 0.5) is 5.69 Å². The van der Waals surface area contributed by atoms with Gasteiger partial charge in [-0.05, 0) is 43.0 Å². The molecule has 6 nitrogen and oxygen atoms in total. The number of anilines is 1. The Kier molecular flexibility index (Phi) is 3.54. The van der Waals surface area contributed by atoms with Gasteiger partial charge in [0.05, 0.1) is 10.6 Å². The number of benzene rings is 1. The van der Waals surface area contributed by atoms with Crippen LogP contribution in [0.5, 0.6) is 0 Å². The molecule has 8 heteroatoms. The van der Waals surface area contributed by atoms with Gasteiger partial charge in [0.1, 0.15) is 9.84 Å². The van der Waals surface area contributed by atoms with Crippen LogP contribution < -0.4 is 10.0 Å². The second-order valence-electron chi connectivity index (χ2n) is 6.58. The maximum absolute atomic E-state index is 11.6. The summed E-state index contributed by atoms with van der Waals surface area (Å²) in [6.07, 6.45) is 3.90. The molecule has 0 unspecified atom stereocenters. The first-order valence-electron chi connectivity index (χ1n) is 7.17. The van der Waals surface area contributed by atoms with E-state index < -0.39 is 19.9 Å². The SMILES string of the molecule is CS(=O)(=O)CC1(CN2CCc3cc(S(N)(=O)=O)ccc32)CC1. The molecule has 1 aromatic carbocycles. The first-order valence-corrected chi connectivity index (χ1v) is 10.8. The Morgan fingerprint density at radius 3 is 2.45 bits per heavy atom. The molecule has 0 atom stereocenters. The average molecular weight is 344 g/mol. The lowest BCUT2D eigenvalue weighted by atomic mass is 10.1. The Balaban J connectivity index is 1.81. The Morgan fingerprint density at radius 1 is 1.23 bits per heavy atom. The van der Waals surface area contributed by atoms with Crippen molar-refractivity contribution in [1.29, 1.82) is 0 Å². The molecule has 1 fully saturated rings. The Hall–Kier alpha value is -1.12. The molecule has 3 rings (SSSR count). The minimum Gasteiger partial charge on any atom is -0.370 e. The van der Waals surface area contributed by atoms with Gasteiger partial charge in [-0.3, -0.25) is 0 Å². The monoisotopic (exact) mass is 344 g/mol. The summed E-state index contributed by atoms with van der Waals surface area (Å²) in [5.74, 6) is 0.223. The number of sulfonamides is 1.